The normalized spacial score (nSPS) is 19.3. The lowest BCUT2D eigenvalue weighted by atomic mass is 10.0. The van der Waals surface area contributed by atoms with Crippen LogP contribution in [0.2, 0.25) is 0 Å². The Hall–Kier alpha value is -2.22. The van der Waals surface area contributed by atoms with Crippen molar-refractivity contribution in [1.82, 2.24) is 19.8 Å². The van der Waals surface area contributed by atoms with E-state index in [2.05, 4.69) is 49.0 Å². The molecule has 2 unspecified atom stereocenters. The molecule has 0 amide bonds. The van der Waals surface area contributed by atoms with E-state index in [0.717, 1.165) is 21.5 Å². The highest BCUT2D eigenvalue weighted by Gasteiger charge is 2.40. The van der Waals surface area contributed by atoms with Gasteiger partial charge in [-0.1, -0.05) is 22.0 Å². The Morgan fingerprint density at radius 3 is 2.63 bits per heavy atom. The first-order chi connectivity index (χ1) is 13.2. The number of benzene rings is 1. The van der Waals surface area contributed by atoms with Crippen LogP contribution in [0.5, 0.6) is 0 Å². The van der Waals surface area contributed by atoms with Gasteiger partial charge < -0.3 is 19.9 Å². The zero-order valence-electron chi connectivity index (χ0n) is 14.5. The van der Waals surface area contributed by atoms with Crippen molar-refractivity contribution < 1.29 is 5.11 Å². The zero-order chi connectivity index (χ0) is 18.8. The molecule has 5 nitrogen and oxygen atoms in total. The Morgan fingerprint density at radius 1 is 1.11 bits per heavy atom. The number of hydrogen-bond acceptors (Lipinski definition) is 3. The molecule has 3 aromatic rings. The zero-order valence-corrected chi connectivity index (χ0v) is 16.9. The molecule has 1 fully saturated rings. The van der Waals surface area contributed by atoms with Crippen molar-refractivity contribution in [2.24, 2.45) is 0 Å². The standard InChI is InChI=1S/C20H19BrN4OS/c21-14-6-8-15(9-7-14)24-11-3-5-17(24)19-18(16-4-1-2-10-22-16)23-20(27)25(19)12-13-26/h1-11,18-19,26H,12-13H2,(H,23,27). The lowest BCUT2D eigenvalue weighted by molar-refractivity contribution is 0.220. The molecule has 27 heavy (non-hydrogen) atoms. The maximum absolute atomic E-state index is 9.58. The van der Waals surface area contributed by atoms with E-state index < -0.39 is 0 Å². The van der Waals surface area contributed by atoms with E-state index in [1.807, 2.05) is 47.5 Å². The van der Waals surface area contributed by atoms with E-state index in [0.29, 0.717) is 11.7 Å². The fourth-order valence-electron chi connectivity index (χ4n) is 3.55. The first-order valence-corrected chi connectivity index (χ1v) is 9.91. The number of hydrogen-bond donors (Lipinski definition) is 2. The number of nitrogens with one attached hydrogen (secondary N) is 1. The molecule has 2 aromatic heterocycles. The molecule has 0 bridgehead atoms. The number of halogens is 1. The monoisotopic (exact) mass is 442 g/mol. The summed E-state index contributed by atoms with van der Waals surface area (Å²) in [6.45, 7) is 0.498. The molecule has 1 aliphatic rings. The molecule has 0 saturated carbocycles. The van der Waals surface area contributed by atoms with Gasteiger partial charge in [0.05, 0.1) is 24.4 Å². The predicted octanol–water partition coefficient (Wildman–Crippen LogP) is 3.60. The highest BCUT2D eigenvalue weighted by molar-refractivity contribution is 9.10. The van der Waals surface area contributed by atoms with Crippen LogP contribution in [0.3, 0.4) is 0 Å². The molecule has 2 N–H and O–H groups in total. The maximum Gasteiger partial charge on any atom is 0.170 e. The number of aliphatic hydroxyl groups is 1. The van der Waals surface area contributed by atoms with Gasteiger partial charge in [0, 0.05) is 34.8 Å². The molecule has 0 aliphatic carbocycles. The van der Waals surface area contributed by atoms with Crippen molar-refractivity contribution in [3.63, 3.8) is 0 Å². The summed E-state index contributed by atoms with van der Waals surface area (Å²) in [4.78, 5) is 6.58. The highest BCUT2D eigenvalue weighted by atomic mass is 79.9. The number of nitrogens with zero attached hydrogens (tertiary/aromatic N) is 3. The van der Waals surface area contributed by atoms with Crippen molar-refractivity contribution in [3.05, 3.63) is 82.9 Å². The van der Waals surface area contributed by atoms with Crippen molar-refractivity contribution in [3.8, 4) is 5.69 Å². The van der Waals surface area contributed by atoms with Crippen LogP contribution in [0.25, 0.3) is 5.69 Å². The molecule has 7 heteroatoms. The Morgan fingerprint density at radius 2 is 1.93 bits per heavy atom. The van der Waals surface area contributed by atoms with Crippen LogP contribution in [-0.4, -0.2) is 37.8 Å². The van der Waals surface area contributed by atoms with Gasteiger partial charge in [0.1, 0.15) is 0 Å². The maximum atomic E-state index is 9.58. The van der Waals surface area contributed by atoms with Crippen LogP contribution < -0.4 is 5.32 Å². The summed E-state index contributed by atoms with van der Waals surface area (Å²) in [5.74, 6) is 0. The Balaban J connectivity index is 1.80. The molecule has 1 saturated heterocycles. The molecule has 4 rings (SSSR count). The number of thiocarbonyl (C=S) groups is 1. The van der Waals surface area contributed by atoms with Crippen molar-refractivity contribution >= 4 is 33.3 Å². The number of rotatable bonds is 5. The fourth-order valence-corrected chi connectivity index (χ4v) is 4.14. The highest BCUT2D eigenvalue weighted by Crippen LogP contribution is 2.39. The van der Waals surface area contributed by atoms with Crippen molar-refractivity contribution in [2.75, 3.05) is 13.2 Å². The van der Waals surface area contributed by atoms with E-state index in [-0.39, 0.29) is 18.7 Å². The second kappa shape index (κ2) is 7.80. The molecule has 138 valence electrons. The number of β-amino-alcohol motifs (C(OH)–C–C–N with tert-alkyl or cyclic N) is 1. The van der Waals surface area contributed by atoms with E-state index in [1.165, 1.54) is 0 Å². The van der Waals surface area contributed by atoms with Crippen LogP contribution >= 0.6 is 28.1 Å². The summed E-state index contributed by atoms with van der Waals surface area (Å²) in [6, 6.07) is 18.1. The lowest BCUT2D eigenvalue weighted by Crippen LogP contribution is -2.32. The SMILES string of the molecule is OCCN1C(=S)NC(c2ccccn2)C1c1cccn1-c1ccc(Br)cc1. The van der Waals surface area contributed by atoms with Gasteiger partial charge in [-0.25, -0.2) is 0 Å². The summed E-state index contributed by atoms with van der Waals surface area (Å²) < 4.78 is 3.20. The van der Waals surface area contributed by atoms with Crippen molar-refractivity contribution in [1.29, 1.82) is 0 Å². The van der Waals surface area contributed by atoms with Gasteiger partial charge in [0.2, 0.25) is 0 Å². The number of pyridine rings is 1. The summed E-state index contributed by atoms with van der Waals surface area (Å²) in [5, 5.41) is 13.6. The molecule has 0 radical (unpaired) electrons. The Labute approximate surface area is 171 Å². The van der Waals surface area contributed by atoms with Gasteiger partial charge in [-0.3, -0.25) is 4.98 Å². The average molecular weight is 443 g/mol. The minimum atomic E-state index is -0.0886. The quantitative estimate of drug-likeness (QED) is 0.591. The van der Waals surface area contributed by atoms with Crippen molar-refractivity contribution in [2.45, 2.75) is 12.1 Å². The van der Waals surface area contributed by atoms with E-state index in [1.54, 1.807) is 6.20 Å². The van der Waals surface area contributed by atoms with Gasteiger partial charge in [-0.15, -0.1) is 0 Å². The predicted molar refractivity (Wildman–Crippen MR) is 113 cm³/mol. The first-order valence-electron chi connectivity index (χ1n) is 8.71. The molecule has 0 spiro atoms. The number of aromatic nitrogens is 2. The minimum absolute atomic E-state index is 0.0340. The van der Waals surface area contributed by atoms with Crippen LogP contribution in [0, 0.1) is 0 Å². The second-order valence-electron chi connectivity index (χ2n) is 6.32. The molecule has 3 heterocycles. The summed E-state index contributed by atoms with van der Waals surface area (Å²) >= 11 is 9.06. The fraction of sp³-hybridized carbons (Fsp3) is 0.200. The third-order valence-electron chi connectivity index (χ3n) is 4.73. The van der Waals surface area contributed by atoms with Gasteiger partial charge in [0.25, 0.3) is 0 Å². The van der Waals surface area contributed by atoms with Gasteiger partial charge in [0.15, 0.2) is 5.11 Å². The Kier molecular flexibility index (Phi) is 5.24. The minimum Gasteiger partial charge on any atom is -0.395 e. The van der Waals surface area contributed by atoms with Crippen LogP contribution in [0.4, 0.5) is 0 Å². The smallest absolute Gasteiger partial charge is 0.170 e. The molecule has 2 atom stereocenters. The van der Waals surface area contributed by atoms with Gasteiger partial charge in [-0.2, -0.15) is 0 Å². The Bertz CT molecular complexity index is 929. The lowest BCUT2D eigenvalue weighted by Gasteiger charge is -2.28. The second-order valence-corrected chi connectivity index (χ2v) is 7.63. The molecule has 1 aromatic carbocycles. The summed E-state index contributed by atoms with van der Waals surface area (Å²) in [7, 11) is 0. The summed E-state index contributed by atoms with van der Waals surface area (Å²) in [5.41, 5.74) is 3.09. The summed E-state index contributed by atoms with van der Waals surface area (Å²) in [6.07, 6.45) is 3.84. The van der Waals surface area contributed by atoms with Crippen LogP contribution in [-0.2, 0) is 0 Å². The van der Waals surface area contributed by atoms with E-state index in [9.17, 15) is 5.11 Å². The van der Waals surface area contributed by atoms with Crippen LogP contribution in [0.1, 0.15) is 23.5 Å². The number of aliphatic hydroxyl groups excluding tert-OH is 1. The van der Waals surface area contributed by atoms with Gasteiger partial charge in [-0.05, 0) is 60.7 Å². The first kappa shape index (κ1) is 18.2. The largest absolute Gasteiger partial charge is 0.395 e. The van der Waals surface area contributed by atoms with E-state index >= 15 is 0 Å². The van der Waals surface area contributed by atoms with Gasteiger partial charge >= 0.3 is 0 Å². The molecular weight excluding hydrogens is 424 g/mol. The third-order valence-corrected chi connectivity index (χ3v) is 5.61. The van der Waals surface area contributed by atoms with E-state index in [4.69, 9.17) is 12.2 Å². The third kappa shape index (κ3) is 3.50. The molecular formula is C20H19BrN4OS. The average Bonchev–Trinajstić information content (AvgIpc) is 3.28. The van der Waals surface area contributed by atoms with Crippen LogP contribution in [0.15, 0.2) is 71.5 Å². The molecule has 1 aliphatic heterocycles. The topological polar surface area (TPSA) is 53.3 Å².